The zero-order valence-electron chi connectivity index (χ0n) is 14.5. The summed E-state index contributed by atoms with van der Waals surface area (Å²) in [6, 6.07) is 19.2. The molecule has 27 heavy (non-hydrogen) atoms. The van der Waals surface area contributed by atoms with E-state index in [-0.39, 0.29) is 5.91 Å². The maximum absolute atomic E-state index is 12.9. The molecule has 5 heteroatoms. The molecule has 0 aliphatic heterocycles. The van der Waals surface area contributed by atoms with Gasteiger partial charge in [0.1, 0.15) is 0 Å². The normalized spacial score (nSPS) is 10.7. The highest BCUT2D eigenvalue weighted by atomic mass is 16.1. The number of nitrogens with one attached hydrogen (secondary N) is 3. The number of nitrogen functional groups attached to an aromatic ring is 1. The predicted octanol–water partition coefficient (Wildman–Crippen LogP) is 4.67. The molecular formula is C22H18N4O. The van der Waals surface area contributed by atoms with Gasteiger partial charge in [-0.2, -0.15) is 0 Å². The first-order valence-electron chi connectivity index (χ1n) is 8.53. The van der Waals surface area contributed by atoms with E-state index in [1.54, 1.807) is 24.4 Å². The summed E-state index contributed by atoms with van der Waals surface area (Å²) in [6.07, 6.45) is 4.70. The number of aromatic amines is 1. The van der Waals surface area contributed by atoms with Crippen molar-refractivity contribution < 1.29 is 4.79 Å². The fraction of sp³-hybridized carbons (Fsp3) is 0. The van der Waals surface area contributed by atoms with Crippen LogP contribution in [0, 0.1) is 5.41 Å². The Morgan fingerprint density at radius 2 is 1.81 bits per heavy atom. The molecule has 0 unspecified atom stereocenters. The van der Waals surface area contributed by atoms with E-state index in [0.717, 1.165) is 21.9 Å². The molecule has 1 amide bonds. The lowest BCUT2D eigenvalue weighted by atomic mass is 9.97. The number of carbonyl (C=O) groups excluding carboxylic acids is 1. The SMILES string of the molecule is N=Cc1cc(NC(=O)c2c[nH]cc2-c2cccc3ccccc23)ccc1N. The molecule has 0 aliphatic rings. The number of benzene rings is 3. The average molecular weight is 354 g/mol. The van der Waals surface area contributed by atoms with Gasteiger partial charge in [-0.25, -0.2) is 0 Å². The van der Waals surface area contributed by atoms with E-state index >= 15 is 0 Å². The fourth-order valence-corrected chi connectivity index (χ4v) is 3.21. The van der Waals surface area contributed by atoms with Crippen molar-refractivity contribution in [1.82, 2.24) is 4.98 Å². The fourth-order valence-electron chi connectivity index (χ4n) is 3.21. The van der Waals surface area contributed by atoms with Gasteiger partial charge in [-0.3, -0.25) is 4.79 Å². The molecule has 5 N–H and O–H groups in total. The van der Waals surface area contributed by atoms with E-state index < -0.39 is 0 Å². The van der Waals surface area contributed by atoms with Gasteiger partial charge in [-0.15, -0.1) is 0 Å². The summed E-state index contributed by atoms with van der Waals surface area (Å²) in [5.74, 6) is -0.222. The Bertz CT molecular complexity index is 1150. The summed E-state index contributed by atoms with van der Waals surface area (Å²) in [4.78, 5) is 15.9. The summed E-state index contributed by atoms with van der Waals surface area (Å²) in [6.45, 7) is 0. The second kappa shape index (κ2) is 6.80. The molecule has 0 saturated carbocycles. The molecule has 3 aromatic carbocycles. The Morgan fingerprint density at radius 1 is 1.00 bits per heavy atom. The second-order valence-corrected chi connectivity index (χ2v) is 6.25. The summed E-state index contributed by atoms with van der Waals surface area (Å²) in [5, 5.41) is 12.5. The third-order valence-electron chi connectivity index (χ3n) is 4.57. The maximum atomic E-state index is 12.9. The van der Waals surface area contributed by atoms with E-state index in [1.807, 2.05) is 30.5 Å². The number of hydrogen-bond donors (Lipinski definition) is 4. The quantitative estimate of drug-likeness (QED) is 0.317. The van der Waals surface area contributed by atoms with Crippen LogP contribution in [0.5, 0.6) is 0 Å². The number of hydrogen-bond acceptors (Lipinski definition) is 3. The molecule has 0 fully saturated rings. The zero-order chi connectivity index (χ0) is 18.8. The van der Waals surface area contributed by atoms with Crippen molar-refractivity contribution in [3.05, 3.63) is 84.2 Å². The van der Waals surface area contributed by atoms with Crippen LogP contribution in [0.25, 0.3) is 21.9 Å². The molecule has 0 spiro atoms. The van der Waals surface area contributed by atoms with Gasteiger partial charge >= 0.3 is 0 Å². The van der Waals surface area contributed by atoms with Crippen LogP contribution in [0.15, 0.2) is 73.1 Å². The monoisotopic (exact) mass is 354 g/mol. The van der Waals surface area contributed by atoms with Gasteiger partial charge in [-0.1, -0.05) is 42.5 Å². The van der Waals surface area contributed by atoms with Crippen LogP contribution in [0.2, 0.25) is 0 Å². The van der Waals surface area contributed by atoms with Crippen molar-refractivity contribution in [2.24, 2.45) is 0 Å². The first-order chi connectivity index (χ1) is 13.2. The zero-order valence-corrected chi connectivity index (χ0v) is 14.5. The van der Waals surface area contributed by atoms with Gasteiger partial charge in [0, 0.05) is 41.1 Å². The Kier molecular flexibility index (Phi) is 4.18. The molecule has 0 bridgehead atoms. The third kappa shape index (κ3) is 3.06. The van der Waals surface area contributed by atoms with Crippen LogP contribution in [0.4, 0.5) is 11.4 Å². The number of amides is 1. The van der Waals surface area contributed by atoms with Crippen LogP contribution in [-0.4, -0.2) is 17.1 Å². The Balaban J connectivity index is 1.71. The van der Waals surface area contributed by atoms with E-state index in [9.17, 15) is 4.79 Å². The molecular weight excluding hydrogens is 336 g/mol. The Morgan fingerprint density at radius 3 is 2.67 bits per heavy atom. The lowest BCUT2D eigenvalue weighted by Gasteiger charge is -2.10. The van der Waals surface area contributed by atoms with Crippen molar-refractivity contribution in [2.45, 2.75) is 0 Å². The van der Waals surface area contributed by atoms with Gasteiger partial charge in [0.15, 0.2) is 0 Å². The first kappa shape index (κ1) is 16.6. The molecule has 1 heterocycles. The lowest BCUT2D eigenvalue weighted by molar-refractivity contribution is 0.102. The molecule has 0 saturated heterocycles. The van der Waals surface area contributed by atoms with Crippen LogP contribution < -0.4 is 11.1 Å². The van der Waals surface area contributed by atoms with Crippen molar-refractivity contribution in [3.8, 4) is 11.1 Å². The van der Waals surface area contributed by atoms with E-state index in [1.165, 1.54) is 6.21 Å². The molecule has 0 aliphatic carbocycles. The summed E-state index contributed by atoms with van der Waals surface area (Å²) < 4.78 is 0. The molecule has 0 atom stereocenters. The number of rotatable bonds is 4. The number of fused-ring (bicyclic) bond motifs is 1. The molecule has 4 aromatic rings. The topological polar surface area (TPSA) is 94.8 Å². The average Bonchev–Trinajstić information content (AvgIpc) is 3.18. The third-order valence-corrected chi connectivity index (χ3v) is 4.57. The van der Waals surface area contributed by atoms with Crippen LogP contribution in [0.3, 0.4) is 0 Å². The minimum Gasteiger partial charge on any atom is -0.398 e. The number of nitrogens with two attached hydrogens (primary N) is 1. The van der Waals surface area contributed by atoms with Crippen molar-refractivity contribution in [1.29, 1.82) is 5.41 Å². The van der Waals surface area contributed by atoms with Gasteiger partial charge < -0.3 is 21.4 Å². The van der Waals surface area contributed by atoms with Crippen LogP contribution >= 0.6 is 0 Å². The van der Waals surface area contributed by atoms with Crippen molar-refractivity contribution in [2.75, 3.05) is 11.1 Å². The highest BCUT2D eigenvalue weighted by Crippen LogP contribution is 2.31. The lowest BCUT2D eigenvalue weighted by Crippen LogP contribution is -2.12. The van der Waals surface area contributed by atoms with Gasteiger partial charge in [0.05, 0.1) is 5.56 Å². The van der Waals surface area contributed by atoms with Crippen molar-refractivity contribution in [3.63, 3.8) is 0 Å². The van der Waals surface area contributed by atoms with Crippen LogP contribution in [-0.2, 0) is 0 Å². The van der Waals surface area contributed by atoms with Gasteiger partial charge in [-0.05, 0) is 34.5 Å². The summed E-state index contributed by atoms with van der Waals surface area (Å²) in [7, 11) is 0. The smallest absolute Gasteiger partial charge is 0.257 e. The first-order valence-corrected chi connectivity index (χ1v) is 8.53. The highest BCUT2D eigenvalue weighted by Gasteiger charge is 2.16. The molecule has 5 nitrogen and oxygen atoms in total. The minimum atomic E-state index is -0.222. The minimum absolute atomic E-state index is 0.222. The number of anilines is 2. The molecule has 132 valence electrons. The molecule has 1 aromatic heterocycles. The van der Waals surface area contributed by atoms with E-state index in [2.05, 4.69) is 28.5 Å². The summed E-state index contributed by atoms with van der Waals surface area (Å²) >= 11 is 0. The van der Waals surface area contributed by atoms with E-state index in [0.29, 0.717) is 22.5 Å². The number of aromatic nitrogens is 1. The van der Waals surface area contributed by atoms with E-state index in [4.69, 9.17) is 11.1 Å². The van der Waals surface area contributed by atoms with Crippen molar-refractivity contribution >= 4 is 34.3 Å². The number of carbonyl (C=O) groups is 1. The highest BCUT2D eigenvalue weighted by molar-refractivity contribution is 6.11. The Hall–Kier alpha value is -3.86. The number of H-pyrrole nitrogens is 1. The molecule has 0 radical (unpaired) electrons. The largest absolute Gasteiger partial charge is 0.398 e. The van der Waals surface area contributed by atoms with Crippen LogP contribution in [0.1, 0.15) is 15.9 Å². The predicted molar refractivity (Wildman–Crippen MR) is 110 cm³/mol. The standard InChI is InChI=1S/C22H18N4O/c23-11-15-10-16(8-9-21(15)24)26-22(27)20-13-25-12-19(20)18-7-3-5-14-4-1-2-6-17(14)18/h1-13,23,25H,24H2,(H,26,27). The second-order valence-electron chi connectivity index (χ2n) is 6.25. The van der Waals surface area contributed by atoms with Gasteiger partial charge in [0.2, 0.25) is 0 Å². The molecule has 4 rings (SSSR count). The summed E-state index contributed by atoms with van der Waals surface area (Å²) in [5.41, 5.74) is 9.86. The van der Waals surface area contributed by atoms with Gasteiger partial charge in [0.25, 0.3) is 5.91 Å². The Labute approximate surface area is 156 Å². The maximum Gasteiger partial charge on any atom is 0.257 e.